The fourth-order valence-corrected chi connectivity index (χ4v) is 4.01. The Morgan fingerprint density at radius 2 is 2.12 bits per heavy atom. The van der Waals surface area contributed by atoms with Crippen molar-refractivity contribution < 1.29 is 4.39 Å². The molecule has 1 aromatic carbocycles. The molecule has 7 heteroatoms. The average Bonchev–Trinajstić information content (AvgIpc) is 2.97. The molecular formula is C18H30FIN4S. The number of halogens is 2. The second-order valence-electron chi connectivity index (χ2n) is 6.63. The summed E-state index contributed by atoms with van der Waals surface area (Å²) < 4.78 is 14.3. The molecule has 0 aromatic heterocycles. The quantitative estimate of drug-likeness (QED) is 0.369. The van der Waals surface area contributed by atoms with Crippen LogP contribution in [0.25, 0.3) is 0 Å². The summed E-state index contributed by atoms with van der Waals surface area (Å²) in [5.41, 5.74) is 1.47. The van der Waals surface area contributed by atoms with Crippen LogP contribution in [0.3, 0.4) is 0 Å². The predicted molar refractivity (Wildman–Crippen MR) is 119 cm³/mol. The zero-order valence-electron chi connectivity index (χ0n) is 15.6. The molecule has 1 aliphatic rings. The van der Waals surface area contributed by atoms with Gasteiger partial charge in [0, 0.05) is 31.9 Å². The summed E-state index contributed by atoms with van der Waals surface area (Å²) in [4.78, 5) is 6.37. The molecule has 1 unspecified atom stereocenters. The Hall–Kier alpha value is -0.700. The number of thioether (sulfide) groups is 1. The Balaban J connectivity index is 0.00000312. The number of anilines is 1. The van der Waals surface area contributed by atoms with Crippen LogP contribution in [-0.4, -0.2) is 43.6 Å². The second kappa shape index (κ2) is 10.4. The van der Waals surface area contributed by atoms with Gasteiger partial charge in [0.05, 0.1) is 12.2 Å². The van der Waals surface area contributed by atoms with Crippen molar-refractivity contribution in [3.63, 3.8) is 0 Å². The van der Waals surface area contributed by atoms with Gasteiger partial charge in [-0.15, -0.1) is 24.0 Å². The van der Waals surface area contributed by atoms with Crippen LogP contribution in [0.4, 0.5) is 10.1 Å². The summed E-state index contributed by atoms with van der Waals surface area (Å²) in [5.74, 6) is 1.83. The van der Waals surface area contributed by atoms with Crippen LogP contribution in [0.15, 0.2) is 23.2 Å². The number of benzene rings is 1. The lowest BCUT2D eigenvalue weighted by molar-refractivity contribution is 0.584. The molecule has 1 heterocycles. The number of aliphatic imine (C=N–C) groups is 1. The SMILES string of the molecule is CCNC(=NCc1ccc(N(C)C)c(F)c1)NCC1(C)CCCS1.I. The first kappa shape index (κ1) is 22.3. The van der Waals surface area contributed by atoms with E-state index in [0.29, 0.717) is 12.2 Å². The van der Waals surface area contributed by atoms with Crippen LogP contribution in [0, 0.1) is 5.82 Å². The van der Waals surface area contributed by atoms with E-state index >= 15 is 0 Å². The van der Waals surface area contributed by atoms with E-state index in [1.165, 1.54) is 18.6 Å². The van der Waals surface area contributed by atoms with E-state index in [2.05, 4.69) is 29.5 Å². The summed E-state index contributed by atoms with van der Waals surface area (Å²) in [6.45, 7) is 6.52. The van der Waals surface area contributed by atoms with Crippen molar-refractivity contribution in [1.82, 2.24) is 10.6 Å². The lowest BCUT2D eigenvalue weighted by Gasteiger charge is -2.24. The van der Waals surface area contributed by atoms with Crippen molar-refractivity contribution in [2.45, 2.75) is 38.0 Å². The van der Waals surface area contributed by atoms with Crippen LogP contribution in [0.2, 0.25) is 0 Å². The van der Waals surface area contributed by atoms with Gasteiger partial charge in [0.25, 0.3) is 0 Å². The maximum Gasteiger partial charge on any atom is 0.191 e. The molecule has 0 aliphatic carbocycles. The summed E-state index contributed by atoms with van der Waals surface area (Å²) in [6.07, 6.45) is 2.52. The number of nitrogens with zero attached hydrogens (tertiary/aromatic N) is 2. The van der Waals surface area contributed by atoms with Crippen molar-refractivity contribution in [1.29, 1.82) is 0 Å². The average molecular weight is 480 g/mol. The molecule has 2 N–H and O–H groups in total. The van der Waals surface area contributed by atoms with Gasteiger partial charge in [0.2, 0.25) is 0 Å². The van der Waals surface area contributed by atoms with Gasteiger partial charge >= 0.3 is 0 Å². The fourth-order valence-electron chi connectivity index (χ4n) is 2.77. The first-order valence-corrected chi connectivity index (χ1v) is 9.54. The Kier molecular flexibility index (Phi) is 9.34. The lowest BCUT2D eigenvalue weighted by Crippen LogP contribution is -2.43. The van der Waals surface area contributed by atoms with E-state index in [4.69, 9.17) is 0 Å². The van der Waals surface area contributed by atoms with Gasteiger partial charge in [-0.1, -0.05) is 6.07 Å². The van der Waals surface area contributed by atoms with Gasteiger partial charge in [-0.25, -0.2) is 9.38 Å². The number of hydrogen-bond acceptors (Lipinski definition) is 3. The molecule has 0 bridgehead atoms. The molecule has 0 amide bonds. The minimum Gasteiger partial charge on any atom is -0.375 e. The van der Waals surface area contributed by atoms with Gasteiger partial charge < -0.3 is 15.5 Å². The van der Waals surface area contributed by atoms with E-state index in [9.17, 15) is 4.39 Å². The van der Waals surface area contributed by atoms with Crippen LogP contribution >= 0.6 is 35.7 Å². The monoisotopic (exact) mass is 480 g/mol. The molecule has 1 fully saturated rings. The van der Waals surface area contributed by atoms with E-state index in [1.54, 1.807) is 17.0 Å². The summed E-state index contributed by atoms with van der Waals surface area (Å²) in [7, 11) is 3.68. The fraction of sp³-hybridized carbons (Fsp3) is 0.611. The van der Waals surface area contributed by atoms with Crippen molar-refractivity contribution in [2.75, 3.05) is 37.8 Å². The molecule has 1 saturated heterocycles. The minimum atomic E-state index is -0.208. The van der Waals surface area contributed by atoms with Crippen LogP contribution in [0.1, 0.15) is 32.3 Å². The van der Waals surface area contributed by atoms with Crippen LogP contribution in [0.5, 0.6) is 0 Å². The third-order valence-corrected chi connectivity index (χ3v) is 5.73. The van der Waals surface area contributed by atoms with Crippen molar-refractivity contribution in [2.24, 2.45) is 4.99 Å². The van der Waals surface area contributed by atoms with Gasteiger partial charge in [-0.2, -0.15) is 11.8 Å². The van der Waals surface area contributed by atoms with E-state index in [1.807, 2.05) is 31.9 Å². The van der Waals surface area contributed by atoms with Gasteiger partial charge in [-0.05, 0) is 50.1 Å². The first-order valence-electron chi connectivity index (χ1n) is 8.55. The molecule has 25 heavy (non-hydrogen) atoms. The summed E-state index contributed by atoms with van der Waals surface area (Å²) in [6, 6.07) is 5.30. The molecule has 142 valence electrons. The highest BCUT2D eigenvalue weighted by atomic mass is 127. The normalized spacial score (nSPS) is 20.1. The molecule has 1 atom stereocenters. The molecule has 0 spiro atoms. The van der Waals surface area contributed by atoms with Gasteiger partial charge in [0.1, 0.15) is 5.82 Å². The molecule has 4 nitrogen and oxygen atoms in total. The summed E-state index contributed by atoms with van der Waals surface area (Å²) in [5, 5.41) is 6.70. The zero-order valence-corrected chi connectivity index (χ0v) is 18.7. The maximum absolute atomic E-state index is 14.1. The first-order chi connectivity index (χ1) is 11.4. The van der Waals surface area contributed by atoms with E-state index in [0.717, 1.165) is 24.6 Å². The highest BCUT2D eigenvalue weighted by Gasteiger charge is 2.29. The maximum atomic E-state index is 14.1. The Bertz CT molecular complexity index is 574. The summed E-state index contributed by atoms with van der Waals surface area (Å²) >= 11 is 2.03. The number of rotatable bonds is 6. The third kappa shape index (κ3) is 6.84. The Morgan fingerprint density at radius 1 is 1.36 bits per heavy atom. The zero-order chi connectivity index (χ0) is 17.6. The number of nitrogens with one attached hydrogen (secondary N) is 2. The molecule has 0 saturated carbocycles. The predicted octanol–water partition coefficient (Wildman–Crippen LogP) is 3.85. The molecule has 0 radical (unpaired) electrons. The Labute approximate surface area is 172 Å². The topological polar surface area (TPSA) is 39.7 Å². The van der Waals surface area contributed by atoms with Crippen LogP contribution < -0.4 is 15.5 Å². The second-order valence-corrected chi connectivity index (χ2v) is 8.31. The number of hydrogen-bond donors (Lipinski definition) is 2. The number of guanidine groups is 1. The van der Waals surface area contributed by atoms with E-state index in [-0.39, 0.29) is 34.5 Å². The molecular weight excluding hydrogens is 450 g/mol. The van der Waals surface area contributed by atoms with Gasteiger partial charge in [0.15, 0.2) is 5.96 Å². The van der Waals surface area contributed by atoms with Crippen molar-refractivity contribution in [3.8, 4) is 0 Å². The standard InChI is InChI=1S/C18H29FN4S.HI/c1-5-20-17(22-13-18(2)9-6-10-24-18)21-12-14-7-8-16(23(3)4)15(19)11-14;/h7-8,11H,5-6,9-10,12-13H2,1-4H3,(H2,20,21,22);1H. The Morgan fingerprint density at radius 3 is 2.68 bits per heavy atom. The molecule has 1 aliphatic heterocycles. The molecule has 1 aromatic rings. The third-order valence-electron chi connectivity index (χ3n) is 4.19. The van der Waals surface area contributed by atoms with Crippen molar-refractivity contribution in [3.05, 3.63) is 29.6 Å². The highest BCUT2D eigenvalue weighted by Crippen LogP contribution is 2.36. The minimum absolute atomic E-state index is 0. The largest absolute Gasteiger partial charge is 0.375 e. The van der Waals surface area contributed by atoms with Crippen molar-refractivity contribution >= 4 is 47.4 Å². The van der Waals surface area contributed by atoms with E-state index < -0.39 is 0 Å². The van der Waals surface area contributed by atoms with Crippen LogP contribution in [-0.2, 0) is 6.54 Å². The molecule has 2 rings (SSSR count). The lowest BCUT2D eigenvalue weighted by atomic mass is 10.1. The highest BCUT2D eigenvalue weighted by molar-refractivity contribution is 14.0. The smallest absolute Gasteiger partial charge is 0.191 e. The van der Waals surface area contributed by atoms with Gasteiger partial charge in [-0.3, -0.25) is 0 Å².